The quantitative estimate of drug-likeness (QED) is 0.636. The first kappa shape index (κ1) is 14.5. The summed E-state index contributed by atoms with van der Waals surface area (Å²) < 4.78 is 19.0. The molecule has 0 saturated carbocycles. The zero-order valence-corrected chi connectivity index (χ0v) is 11.2. The fraction of sp³-hybridized carbons (Fsp3) is 0.133. The molecule has 0 amide bonds. The molecule has 0 aromatic heterocycles. The van der Waals surface area contributed by atoms with Crippen molar-refractivity contribution in [2.24, 2.45) is 0 Å². The molecule has 0 heterocycles. The zero-order chi connectivity index (χ0) is 15.4. The molecule has 0 saturated heterocycles. The van der Waals surface area contributed by atoms with Crippen LogP contribution in [0.2, 0.25) is 0 Å². The van der Waals surface area contributed by atoms with E-state index in [1.807, 2.05) is 6.07 Å². The predicted molar refractivity (Wildman–Crippen MR) is 73.3 cm³/mol. The summed E-state index contributed by atoms with van der Waals surface area (Å²) in [5.74, 6) is -0.0625. The number of nitrogens with zero attached hydrogens (tertiary/aromatic N) is 2. The maximum atomic E-state index is 13.6. The van der Waals surface area contributed by atoms with Crippen molar-refractivity contribution in [1.29, 1.82) is 5.26 Å². The summed E-state index contributed by atoms with van der Waals surface area (Å²) >= 11 is 0. The number of aryl methyl sites for hydroxylation is 1. The number of rotatable bonds is 4. The van der Waals surface area contributed by atoms with Crippen molar-refractivity contribution < 1.29 is 14.1 Å². The number of ether oxygens (including phenoxy) is 1. The average Bonchev–Trinajstić information content (AvgIpc) is 2.46. The summed E-state index contributed by atoms with van der Waals surface area (Å²) in [6.45, 7) is 1.54. The van der Waals surface area contributed by atoms with Crippen LogP contribution in [0, 0.1) is 34.2 Å². The minimum absolute atomic E-state index is 0.00000780. The van der Waals surface area contributed by atoms with Crippen LogP contribution in [0.25, 0.3) is 0 Å². The number of benzene rings is 2. The second kappa shape index (κ2) is 6.01. The van der Waals surface area contributed by atoms with Crippen molar-refractivity contribution in [2.45, 2.75) is 13.5 Å². The van der Waals surface area contributed by atoms with E-state index in [9.17, 15) is 14.5 Å². The Morgan fingerprint density at radius 2 is 2.10 bits per heavy atom. The van der Waals surface area contributed by atoms with Gasteiger partial charge in [0.15, 0.2) is 0 Å². The van der Waals surface area contributed by atoms with Gasteiger partial charge >= 0.3 is 0 Å². The van der Waals surface area contributed by atoms with E-state index in [2.05, 4.69) is 0 Å². The first-order valence-corrected chi connectivity index (χ1v) is 6.07. The Balaban J connectivity index is 2.15. The number of nitriles is 1. The van der Waals surface area contributed by atoms with Gasteiger partial charge in [-0.25, -0.2) is 4.39 Å². The second-order valence-electron chi connectivity index (χ2n) is 4.41. The fourth-order valence-electron chi connectivity index (χ4n) is 1.84. The van der Waals surface area contributed by atoms with Crippen molar-refractivity contribution in [3.63, 3.8) is 0 Å². The van der Waals surface area contributed by atoms with E-state index in [4.69, 9.17) is 10.00 Å². The van der Waals surface area contributed by atoms with Gasteiger partial charge in [0.2, 0.25) is 0 Å². The molecule has 0 bridgehead atoms. The highest BCUT2D eigenvalue weighted by atomic mass is 19.1. The molecular formula is C15H11FN2O3. The summed E-state index contributed by atoms with van der Waals surface area (Å²) in [5.41, 5.74) is 1.06. The van der Waals surface area contributed by atoms with Crippen LogP contribution >= 0.6 is 0 Å². The molecule has 6 heteroatoms. The molecule has 0 N–H and O–H groups in total. The molecule has 0 aliphatic carbocycles. The molecular weight excluding hydrogens is 275 g/mol. The summed E-state index contributed by atoms with van der Waals surface area (Å²) in [6, 6.07) is 10.2. The van der Waals surface area contributed by atoms with Crippen LogP contribution in [-0.2, 0) is 6.61 Å². The predicted octanol–water partition coefficient (Wildman–Crippen LogP) is 3.49. The molecule has 0 atom stereocenters. The standard InChI is InChI=1S/C15H11FN2O3/c1-10-6-13(3-5-15(10)18(19)20)21-9-12-7-11(8-17)2-4-14(12)16/h2-7H,9H2,1H3. The third kappa shape index (κ3) is 3.34. The molecule has 106 valence electrons. The van der Waals surface area contributed by atoms with Crippen LogP contribution in [-0.4, -0.2) is 4.92 Å². The third-order valence-electron chi connectivity index (χ3n) is 2.93. The molecule has 0 aliphatic rings. The smallest absolute Gasteiger partial charge is 0.272 e. The first-order valence-electron chi connectivity index (χ1n) is 6.07. The van der Waals surface area contributed by atoms with Crippen LogP contribution in [0.4, 0.5) is 10.1 Å². The van der Waals surface area contributed by atoms with Crippen molar-refractivity contribution >= 4 is 5.69 Å². The van der Waals surface area contributed by atoms with Crippen molar-refractivity contribution in [3.05, 3.63) is 69.0 Å². The molecule has 2 rings (SSSR count). The molecule has 0 unspecified atom stereocenters. The summed E-state index contributed by atoms with van der Waals surface area (Å²) in [6.07, 6.45) is 0. The van der Waals surface area contributed by atoms with Crippen LogP contribution in [0.3, 0.4) is 0 Å². The summed E-state index contributed by atoms with van der Waals surface area (Å²) in [5, 5.41) is 19.5. The van der Waals surface area contributed by atoms with Gasteiger partial charge in [-0.3, -0.25) is 10.1 Å². The van der Waals surface area contributed by atoms with E-state index in [0.717, 1.165) is 0 Å². The lowest BCUT2D eigenvalue weighted by atomic mass is 10.1. The van der Waals surface area contributed by atoms with E-state index in [1.165, 1.54) is 36.4 Å². The highest BCUT2D eigenvalue weighted by molar-refractivity contribution is 5.44. The lowest BCUT2D eigenvalue weighted by molar-refractivity contribution is -0.385. The third-order valence-corrected chi connectivity index (χ3v) is 2.93. The van der Waals surface area contributed by atoms with Gasteiger partial charge in [0.1, 0.15) is 18.2 Å². The van der Waals surface area contributed by atoms with Crippen LogP contribution in [0.5, 0.6) is 5.75 Å². The van der Waals surface area contributed by atoms with Gasteiger partial charge in [0, 0.05) is 17.2 Å². The SMILES string of the molecule is Cc1cc(OCc2cc(C#N)ccc2F)ccc1[N+](=O)[O-]. The highest BCUT2D eigenvalue weighted by Gasteiger charge is 2.11. The zero-order valence-electron chi connectivity index (χ0n) is 11.2. The van der Waals surface area contributed by atoms with E-state index in [-0.39, 0.29) is 17.9 Å². The minimum Gasteiger partial charge on any atom is -0.489 e. The van der Waals surface area contributed by atoms with E-state index in [0.29, 0.717) is 16.9 Å². The van der Waals surface area contributed by atoms with E-state index < -0.39 is 10.7 Å². The van der Waals surface area contributed by atoms with Gasteiger partial charge < -0.3 is 4.74 Å². The monoisotopic (exact) mass is 286 g/mol. The average molecular weight is 286 g/mol. The molecule has 0 radical (unpaired) electrons. The van der Waals surface area contributed by atoms with Crippen molar-refractivity contribution in [3.8, 4) is 11.8 Å². The number of nitro groups is 1. The maximum Gasteiger partial charge on any atom is 0.272 e. The number of hydrogen-bond donors (Lipinski definition) is 0. The van der Waals surface area contributed by atoms with Crippen LogP contribution in [0.15, 0.2) is 36.4 Å². The lowest BCUT2D eigenvalue weighted by Gasteiger charge is -2.08. The number of hydrogen-bond acceptors (Lipinski definition) is 4. The van der Waals surface area contributed by atoms with Gasteiger partial charge in [0.05, 0.1) is 16.6 Å². The van der Waals surface area contributed by atoms with Gasteiger partial charge in [-0.15, -0.1) is 0 Å². The van der Waals surface area contributed by atoms with Gasteiger partial charge in [-0.1, -0.05) is 0 Å². The largest absolute Gasteiger partial charge is 0.489 e. The Morgan fingerprint density at radius 3 is 2.71 bits per heavy atom. The topological polar surface area (TPSA) is 76.2 Å². The Hall–Kier alpha value is -2.94. The Bertz CT molecular complexity index is 738. The Morgan fingerprint density at radius 1 is 1.33 bits per heavy atom. The number of nitro benzene ring substituents is 1. The molecule has 2 aromatic rings. The number of halogens is 1. The molecule has 21 heavy (non-hydrogen) atoms. The molecule has 0 spiro atoms. The summed E-state index contributed by atoms with van der Waals surface area (Å²) in [4.78, 5) is 10.2. The molecule has 5 nitrogen and oxygen atoms in total. The van der Waals surface area contributed by atoms with Gasteiger partial charge in [-0.2, -0.15) is 5.26 Å². The summed E-state index contributed by atoms with van der Waals surface area (Å²) in [7, 11) is 0. The highest BCUT2D eigenvalue weighted by Crippen LogP contribution is 2.24. The molecule has 0 fully saturated rings. The van der Waals surface area contributed by atoms with Crippen molar-refractivity contribution in [2.75, 3.05) is 0 Å². The Labute approximate surface area is 120 Å². The first-order chi connectivity index (χ1) is 10.0. The van der Waals surface area contributed by atoms with Crippen LogP contribution < -0.4 is 4.74 Å². The minimum atomic E-state index is -0.477. The maximum absolute atomic E-state index is 13.6. The van der Waals surface area contributed by atoms with Crippen LogP contribution in [0.1, 0.15) is 16.7 Å². The molecule has 0 aliphatic heterocycles. The van der Waals surface area contributed by atoms with Gasteiger partial charge in [0.25, 0.3) is 5.69 Å². The van der Waals surface area contributed by atoms with E-state index >= 15 is 0 Å². The fourth-order valence-corrected chi connectivity index (χ4v) is 1.84. The normalized spacial score (nSPS) is 9.95. The second-order valence-corrected chi connectivity index (χ2v) is 4.41. The van der Waals surface area contributed by atoms with Gasteiger partial charge in [-0.05, 0) is 37.3 Å². The van der Waals surface area contributed by atoms with E-state index in [1.54, 1.807) is 6.92 Å². The lowest BCUT2D eigenvalue weighted by Crippen LogP contribution is -2.00. The Kier molecular flexibility index (Phi) is 4.14. The molecule has 2 aromatic carbocycles. The van der Waals surface area contributed by atoms with Crippen molar-refractivity contribution in [1.82, 2.24) is 0 Å².